The van der Waals surface area contributed by atoms with Gasteiger partial charge in [-0.15, -0.1) is 0 Å². The van der Waals surface area contributed by atoms with Crippen molar-refractivity contribution in [2.24, 2.45) is 0 Å². The summed E-state index contributed by atoms with van der Waals surface area (Å²) in [6.45, 7) is 2.98. The summed E-state index contributed by atoms with van der Waals surface area (Å²) in [4.78, 5) is 0. The van der Waals surface area contributed by atoms with E-state index in [2.05, 4.69) is 31.4 Å². The normalized spacial score (nSPS) is 16.7. The minimum Gasteiger partial charge on any atom is -0.493 e. The molecule has 148 valence electrons. The number of benzene rings is 2. The highest BCUT2D eigenvalue weighted by molar-refractivity contribution is 9.10. The number of rotatable bonds is 8. The Bertz CT molecular complexity index is 941. The number of aromatic nitrogens is 2. The molecule has 7 heteroatoms. The van der Waals surface area contributed by atoms with Gasteiger partial charge in [0.15, 0.2) is 0 Å². The highest BCUT2D eigenvalue weighted by atomic mass is 79.9. The molecule has 1 aromatic heterocycles. The molecule has 0 saturated carbocycles. The maximum Gasteiger partial charge on any atom is 0.136 e. The van der Waals surface area contributed by atoms with Crippen LogP contribution in [0.15, 0.2) is 40.9 Å². The van der Waals surface area contributed by atoms with E-state index in [-0.39, 0.29) is 5.82 Å². The van der Waals surface area contributed by atoms with Gasteiger partial charge in [-0.1, -0.05) is 15.9 Å². The summed E-state index contributed by atoms with van der Waals surface area (Å²) < 4.78 is 26.9. The van der Waals surface area contributed by atoms with Crippen molar-refractivity contribution in [1.82, 2.24) is 15.5 Å². The van der Waals surface area contributed by atoms with Gasteiger partial charge in [0.05, 0.1) is 18.7 Å². The van der Waals surface area contributed by atoms with E-state index in [1.807, 2.05) is 18.2 Å². The largest absolute Gasteiger partial charge is 0.493 e. The van der Waals surface area contributed by atoms with E-state index < -0.39 is 0 Å². The number of ether oxygens (including phenoxy) is 2. The van der Waals surface area contributed by atoms with Crippen molar-refractivity contribution >= 4 is 26.8 Å². The quantitative estimate of drug-likeness (QED) is 0.492. The number of nitrogens with one attached hydrogen (secondary N) is 2. The summed E-state index contributed by atoms with van der Waals surface area (Å²) in [7, 11) is 0. The maximum absolute atomic E-state index is 14.6. The van der Waals surface area contributed by atoms with Crippen molar-refractivity contribution in [3.8, 4) is 17.0 Å². The first kappa shape index (κ1) is 19.4. The Balaban J connectivity index is 1.31. The minimum absolute atomic E-state index is 0.350. The zero-order chi connectivity index (χ0) is 19.3. The molecule has 1 atom stereocenters. The summed E-state index contributed by atoms with van der Waals surface area (Å²) in [5.41, 5.74) is 1.91. The summed E-state index contributed by atoms with van der Waals surface area (Å²) in [6.07, 6.45) is 3.18. The summed E-state index contributed by atoms with van der Waals surface area (Å²) >= 11 is 3.43. The van der Waals surface area contributed by atoms with E-state index in [9.17, 15) is 4.39 Å². The minimum atomic E-state index is -0.350. The smallest absolute Gasteiger partial charge is 0.136 e. The molecule has 1 fully saturated rings. The van der Waals surface area contributed by atoms with Crippen LogP contribution in [0, 0.1) is 5.82 Å². The lowest BCUT2D eigenvalue weighted by atomic mass is 10.1. The number of nitrogens with zero attached hydrogens (tertiary/aromatic N) is 1. The van der Waals surface area contributed by atoms with Gasteiger partial charge >= 0.3 is 0 Å². The molecule has 2 heterocycles. The van der Waals surface area contributed by atoms with E-state index in [0.717, 1.165) is 34.9 Å². The third-order valence-electron chi connectivity index (χ3n) is 4.90. The number of fused-ring (bicyclic) bond motifs is 1. The number of halogens is 2. The van der Waals surface area contributed by atoms with Crippen LogP contribution in [0.2, 0.25) is 0 Å². The number of H-pyrrole nitrogens is 1. The molecular formula is C21H23BrFN3O2. The molecule has 1 aliphatic rings. The standard InChI is InChI=1S/C21H23BrFN3O2/c22-14-4-6-18-20(11-14)25-26-21(18)17-7-5-16(12-19(17)23)28-10-2-9-27-13-15-3-1-8-24-15/h4-7,11-12,15,24H,1-3,8-10,13H2,(H,25,26). The predicted molar refractivity (Wildman–Crippen MR) is 111 cm³/mol. The first-order valence-electron chi connectivity index (χ1n) is 9.58. The molecule has 0 bridgehead atoms. The fourth-order valence-corrected chi connectivity index (χ4v) is 3.81. The fraction of sp³-hybridized carbons (Fsp3) is 0.381. The topological polar surface area (TPSA) is 59.2 Å². The van der Waals surface area contributed by atoms with E-state index in [4.69, 9.17) is 9.47 Å². The second kappa shape index (κ2) is 9.03. The lowest BCUT2D eigenvalue weighted by Gasteiger charge is -2.11. The molecule has 2 aromatic carbocycles. The van der Waals surface area contributed by atoms with Gasteiger partial charge in [-0.25, -0.2) is 4.39 Å². The second-order valence-electron chi connectivity index (χ2n) is 6.97. The molecule has 0 spiro atoms. The molecule has 4 rings (SSSR count). The predicted octanol–water partition coefficient (Wildman–Crippen LogP) is 4.67. The molecule has 2 N–H and O–H groups in total. The molecule has 1 unspecified atom stereocenters. The van der Waals surface area contributed by atoms with Crippen LogP contribution < -0.4 is 10.1 Å². The molecular weight excluding hydrogens is 425 g/mol. The highest BCUT2D eigenvalue weighted by Gasteiger charge is 2.14. The van der Waals surface area contributed by atoms with Crippen LogP contribution in [-0.2, 0) is 4.74 Å². The fourth-order valence-electron chi connectivity index (χ4n) is 3.45. The van der Waals surface area contributed by atoms with E-state index in [0.29, 0.717) is 36.3 Å². The molecule has 0 amide bonds. The lowest BCUT2D eigenvalue weighted by molar-refractivity contribution is 0.104. The summed E-state index contributed by atoms with van der Waals surface area (Å²) in [5.74, 6) is 0.165. The molecule has 0 aliphatic carbocycles. The van der Waals surface area contributed by atoms with E-state index in [1.54, 1.807) is 12.1 Å². The van der Waals surface area contributed by atoms with Crippen molar-refractivity contribution in [2.45, 2.75) is 25.3 Å². The third kappa shape index (κ3) is 4.54. The van der Waals surface area contributed by atoms with Gasteiger partial charge in [0.2, 0.25) is 0 Å². The van der Waals surface area contributed by atoms with Crippen molar-refractivity contribution in [3.63, 3.8) is 0 Å². The first-order valence-corrected chi connectivity index (χ1v) is 10.4. The number of hydrogen-bond donors (Lipinski definition) is 2. The molecule has 1 aliphatic heterocycles. The summed E-state index contributed by atoms with van der Waals surface area (Å²) in [6, 6.07) is 11.2. The Labute approximate surface area is 171 Å². The molecule has 5 nitrogen and oxygen atoms in total. The Morgan fingerprint density at radius 2 is 2.11 bits per heavy atom. The van der Waals surface area contributed by atoms with Gasteiger partial charge < -0.3 is 14.8 Å². The zero-order valence-electron chi connectivity index (χ0n) is 15.5. The van der Waals surface area contributed by atoms with Gasteiger partial charge in [0.1, 0.15) is 17.3 Å². The van der Waals surface area contributed by atoms with Crippen LogP contribution in [0.3, 0.4) is 0 Å². The monoisotopic (exact) mass is 447 g/mol. The van der Waals surface area contributed by atoms with Crippen molar-refractivity contribution in [2.75, 3.05) is 26.4 Å². The van der Waals surface area contributed by atoms with Gasteiger partial charge in [-0.2, -0.15) is 5.10 Å². The van der Waals surface area contributed by atoms with E-state index >= 15 is 0 Å². The van der Waals surface area contributed by atoms with Crippen molar-refractivity contribution < 1.29 is 13.9 Å². The zero-order valence-corrected chi connectivity index (χ0v) is 17.1. The van der Waals surface area contributed by atoms with Gasteiger partial charge in [-0.3, -0.25) is 5.10 Å². The Morgan fingerprint density at radius 1 is 1.18 bits per heavy atom. The number of aromatic amines is 1. The van der Waals surface area contributed by atoms with Gasteiger partial charge in [-0.05, 0) is 49.7 Å². The lowest BCUT2D eigenvalue weighted by Crippen LogP contribution is -2.27. The van der Waals surface area contributed by atoms with Crippen LogP contribution in [0.4, 0.5) is 4.39 Å². The molecule has 1 saturated heterocycles. The average Bonchev–Trinajstić information content (AvgIpc) is 3.34. The third-order valence-corrected chi connectivity index (χ3v) is 5.40. The van der Waals surface area contributed by atoms with Gasteiger partial charge in [0, 0.05) is 40.6 Å². The van der Waals surface area contributed by atoms with Crippen LogP contribution in [-0.4, -0.2) is 42.6 Å². The average molecular weight is 448 g/mol. The summed E-state index contributed by atoms with van der Waals surface area (Å²) in [5, 5.41) is 11.5. The van der Waals surface area contributed by atoms with Crippen LogP contribution in [0.1, 0.15) is 19.3 Å². The molecule has 0 radical (unpaired) electrons. The molecule has 28 heavy (non-hydrogen) atoms. The maximum atomic E-state index is 14.6. The van der Waals surface area contributed by atoms with Gasteiger partial charge in [0.25, 0.3) is 0 Å². The Kier molecular flexibility index (Phi) is 6.24. The van der Waals surface area contributed by atoms with Crippen LogP contribution in [0.5, 0.6) is 5.75 Å². The Morgan fingerprint density at radius 3 is 2.93 bits per heavy atom. The highest BCUT2D eigenvalue weighted by Crippen LogP contribution is 2.31. The van der Waals surface area contributed by atoms with E-state index in [1.165, 1.54) is 18.9 Å². The van der Waals surface area contributed by atoms with Crippen LogP contribution in [0.25, 0.3) is 22.2 Å². The SMILES string of the molecule is Fc1cc(OCCCOCC2CCCN2)ccc1-c1n[nH]c2cc(Br)ccc12. The molecule has 3 aromatic rings. The Hall–Kier alpha value is -1.96. The van der Waals surface area contributed by atoms with Crippen LogP contribution >= 0.6 is 15.9 Å². The van der Waals surface area contributed by atoms with Crippen molar-refractivity contribution in [1.29, 1.82) is 0 Å². The second-order valence-corrected chi connectivity index (χ2v) is 7.89. The van der Waals surface area contributed by atoms with Crippen molar-refractivity contribution in [3.05, 3.63) is 46.7 Å². The first-order chi connectivity index (χ1) is 13.7. The number of hydrogen-bond acceptors (Lipinski definition) is 4.